The van der Waals surface area contributed by atoms with Gasteiger partial charge in [0.25, 0.3) is 0 Å². The summed E-state index contributed by atoms with van der Waals surface area (Å²) in [6, 6.07) is 51.6. The molecule has 13 aromatic rings. The Bertz CT molecular complexity index is 4290. The zero-order valence-corrected chi connectivity index (χ0v) is 42.5. The molecule has 0 fully saturated rings. The van der Waals surface area contributed by atoms with E-state index < -0.39 is 0 Å². The maximum absolute atomic E-state index is 7.12. The van der Waals surface area contributed by atoms with E-state index in [1.165, 1.54) is 120 Å². The zero-order chi connectivity index (χ0) is 48.0. The summed E-state index contributed by atoms with van der Waals surface area (Å²) in [6.07, 6.45) is 0. The topological polar surface area (TPSA) is 26.4 Å². The van der Waals surface area contributed by atoms with Crippen molar-refractivity contribution in [2.75, 3.05) is 0 Å². The lowest BCUT2D eigenvalue weighted by Crippen LogP contribution is -2.97. The van der Waals surface area contributed by atoms with Gasteiger partial charge >= 0.3 is 0 Å². The summed E-state index contributed by atoms with van der Waals surface area (Å²) in [5, 5.41) is 12.8. The SMILES string of the molecule is Cc1ccccc1[NH+](c1ccc2c3cc(C(C)(C)C)cc4c5cc6c(cc5n(c2c1)c34)c1cc(C(C)(C)C)cc2c3cc(C(C)(C)C)ccc3n6c21)c1cccc2c1oc1c(C(C)(C)C)cccc12. The van der Waals surface area contributed by atoms with Gasteiger partial charge in [0, 0.05) is 89.3 Å². The molecule has 1 atom stereocenters. The number of aromatic nitrogens is 2. The van der Waals surface area contributed by atoms with E-state index in [4.69, 9.17) is 4.42 Å². The Morgan fingerprint density at radius 2 is 0.855 bits per heavy atom. The quantitative estimate of drug-likeness (QED) is 0.188. The minimum atomic E-state index is -0.0713. The van der Waals surface area contributed by atoms with Gasteiger partial charge in [-0.3, -0.25) is 0 Å². The van der Waals surface area contributed by atoms with E-state index in [1.54, 1.807) is 0 Å². The average molecular weight is 901 g/mol. The summed E-state index contributed by atoms with van der Waals surface area (Å²) in [5.41, 5.74) is 19.5. The Kier molecular flexibility index (Phi) is 8.37. The molecule has 8 aromatic carbocycles. The molecule has 0 amide bonds. The second kappa shape index (κ2) is 13.7. The summed E-state index contributed by atoms with van der Waals surface area (Å²) >= 11 is 0. The molecule has 1 N–H and O–H groups in total. The Balaban J connectivity index is 1.15. The fraction of sp³-hybridized carbons (Fsp3) is 0.262. The summed E-state index contributed by atoms with van der Waals surface area (Å²) in [6.45, 7) is 30.1. The third-order valence-electron chi connectivity index (χ3n) is 15.8. The van der Waals surface area contributed by atoms with E-state index in [2.05, 4.69) is 232 Å². The number of benzene rings is 8. The molecule has 0 radical (unpaired) electrons. The molecular formula is C65H62N3O+. The lowest BCUT2D eigenvalue weighted by Gasteiger charge is -2.21. The standard InChI is InChI=1S/C65H61N3O/c1-36-18-14-15-22-52(36)66(54-23-17-20-43-42-19-16-21-51(65(11,12)13)60(42)69-61(43)54)40-25-26-41-47-29-38(63(5,6)7)31-49-46-34-56-45(35-57(46)68(58(47)49)55(41)33-40)50-32-39(64(8,9)10)30-48-44-28-37(62(2,3)4)24-27-53(44)67(56)59(48)50/h14-35H,1-13H3/p+1. The maximum atomic E-state index is 7.12. The molecule has 1 unspecified atom stereocenters. The van der Waals surface area contributed by atoms with Gasteiger partial charge in [-0.25, -0.2) is 4.90 Å². The Labute approximate surface area is 404 Å². The molecule has 0 aliphatic rings. The smallest absolute Gasteiger partial charge is 0.196 e. The number of fused-ring (bicyclic) bond motifs is 15. The van der Waals surface area contributed by atoms with Crippen molar-refractivity contribution in [2.45, 2.75) is 112 Å². The van der Waals surface area contributed by atoms with E-state index in [1.807, 2.05) is 0 Å². The van der Waals surface area contributed by atoms with Gasteiger partial charge in [-0.1, -0.05) is 138 Å². The lowest BCUT2D eigenvalue weighted by atomic mass is 9.84. The van der Waals surface area contributed by atoms with Crippen LogP contribution >= 0.6 is 0 Å². The van der Waals surface area contributed by atoms with Crippen LogP contribution in [0.4, 0.5) is 17.1 Å². The van der Waals surface area contributed by atoms with Crippen LogP contribution in [0.5, 0.6) is 0 Å². The van der Waals surface area contributed by atoms with Gasteiger partial charge in [0.15, 0.2) is 11.3 Å². The summed E-state index contributed by atoms with van der Waals surface area (Å²) in [5.74, 6) is 0. The number of quaternary nitrogens is 1. The van der Waals surface area contributed by atoms with Crippen molar-refractivity contribution in [1.82, 2.24) is 8.80 Å². The van der Waals surface area contributed by atoms with E-state index >= 15 is 0 Å². The Morgan fingerprint density at radius 3 is 1.43 bits per heavy atom. The molecule has 342 valence electrons. The number of nitrogens with zero attached hydrogens (tertiary/aromatic N) is 2. The minimum absolute atomic E-state index is 0.0219. The highest BCUT2D eigenvalue weighted by Gasteiger charge is 2.31. The first-order valence-corrected chi connectivity index (χ1v) is 25.0. The van der Waals surface area contributed by atoms with Crippen LogP contribution < -0.4 is 4.90 Å². The number of hydrogen-bond donors (Lipinski definition) is 1. The molecule has 0 saturated heterocycles. The fourth-order valence-corrected chi connectivity index (χ4v) is 12.0. The largest absolute Gasteiger partial charge is 0.449 e. The van der Waals surface area contributed by atoms with Crippen molar-refractivity contribution in [2.24, 2.45) is 0 Å². The summed E-state index contributed by atoms with van der Waals surface area (Å²) in [4.78, 5) is 1.18. The number of hydrogen-bond acceptors (Lipinski definition) is 1. The molecule has 0 aliphatic carbocycles. The number of para-hydroxylation sites is 3. The van der Waals surface area contributed by atoms with Crippen LogP contribution in [-0.2, 0) is 21.7 Å². The minimum Gasteiger partial charge on any atom is -0.449 e. The highest BCUT2D eigenvalue weighted by molar-refractivity contribution is 6.29. The van der Waals surface area contributed by atoms with Crippen molar-refractivity contribution in [3.05, 3.63) is 161 Å². The Hall–Kier alpha value is -6.88. The normalized spacial score (nSPS) is 14.1. The summed E-state index contributed by atoms with van der Waals surface area (Å²) in [7, 11) is 0. The van der Waals surface area contributed by atoms with Gasteiger partial charge in [-0.2, -0.15) is 0 Å². The van der Waals surface area contributed by atoms with Crippen molar-refractivity contribution < 1.29 is 9.32 Å². The number of rotatable bonds is 3. The maximum Gasteiger partial charge on any atom is 0.196 e. The molecule has 4 nitrogen and oxygen atoms in total. The van der Waals surface area contributed by atoms with E-state index in [-0.39, 0.29) is 21.7 Å². The van der Waals surface area contributed by atoms with Crippen molar-refractivity contribution in [3.8, 4) is 0 Å². The van der Waals surface area contributed by atoms with Gasteiger partial charge in [-0.15, -0.1) is 0 Å². The third-order valence-corrected chi connectivity index (χ3v) is 15.8. The molecule has 5 heterocycles. The Morgan fingerprint density at radius 1 is 0.362 bits per heavy atom. The molecule has 0 aliphatic heterocycles. The average Bonchev–Trinajstić information content (AvgIpc) is 4.08. The molecular weight excluding hydrogens is 839 g/mol. The highest BCUT2D eigenvalue weighted by Crippen LogP contribution is 2.48. The predicted octanol–water partition coefficient (Wildman–Crippen LogP) is 17.6. The number of furan rings is 1. The second-order valence-corrected chi connectivity index (χ2v) is 24.5. The zero-order valence-electron chi connectivity index (χ0n) is 42.5. The van der Waals surface area contributed by atoms with Gasteiger partial charge in [0.1, 0.15) is 17.0 Å². The molecule has 69 heavy (non-hydrogen) atoms. The first-order valence-electron chi connectivity index (χ1n) is 25.0. The second-order valence-electron chi connectivity index (χ2n) is 24.5. The highest BCUT2D eigenvalue weighted by atomic mass is 16.3. The van der Waals surface area contributed by atoms with Crippen LogP contribution in [0.15, 0.2) is 138 Å². The monoisotopic (exact) mass is 900 g/mol. The van der Waals surface area contributed by atoms with Gasteiger partial charge < -0.3 is 13.2 Å². The van der Waals surface area contributed by atoms with E-state index in [9.17, 15) is 0 Å². The van der Waals surface area contributed by atoms with Crippen LogP contribution in [0.1, 0.15) is 111 Å². The predicted molar refractivity (Wildman–Crippen MR) is 295 cm³/mol. The summed E-state index contributed by atoms with van der Waals surface area (Å²) < 4.78 is 12.3. The van der Waals surface area contributed by atoms with Gasteiger partial charge in [0.2, 0.25) is 0 Å². The molecule has 13 rings (SSSR count). The lowest BCUT2D eigenvalue weighted by molar-refractivity contribution is -0.680. The molecule has 0 saturated carbocycles. The van der Waals surface area contributed by atoms with Crippen molar-refractivity contribution >= 4 is 115 Å². The van der Waals surface area contributed by atoms with Crippen LogP contribution in [0.3, 0.4) is 0 Å². The molecule has 0 spiro atoms. The van der Waals surface area contributed by atoms with Crippen LogP contribution in [0.2, 0.25) is 0 Å². The third kappa shape index (κ3) is 5.91. The molecule has 5 aromatic heterocycles. The first-order chi connectivity index (χ1) is 32.7. The molecule has 0 bridgehead atoms. The fourth-order valence-electron chi connectivity index (χ4n) is 12.0. The van der Waals surface area contributed by atoms with Crippen LogP contribution in [0, 0.1) is 6.92 Å². The van der Waals surface area contributed by atoms with E-state index in [0.29, 0.717) is 0 Å². The van der Waals surface area contributed by atoms with Crippen molar-refractivity contribution in [1.29, 1.82) is 0 Å². The van der Waals surface area contributed by atoms with Crippen LogP contribution in [0.25, 0.3) is 98.1 Å². The number of nitrogens with one attached hydrogen (secondary N) is 1. The van der Waals surface area contributed by atoms with Crippen LogP contribution in [-0.4, -0.2) is 8.80 Å². The molecule has 4 heteroatoms. The van der Waals surface area contributed by atoms with Gasteiger partial charge in [-0.05, 0) is 99.9 Å². The number of aryl methyl sites for hydroxylation is 1. The van der Waals surface area contributed by atoms with E-state index in [0.717, 1.165) is 27.6 Å². The first kappa shape index (κ1) is 42.2. The van der Waals surface area contributed by atoms with Crippen molar-refractivity contribution in [3.63, 3.8) is 0 Å². The van der Waals surface area contributed by atoms with Gasteiger partial charge in [0.05, 0.1) is 33.1 Å².